The molecule has 2 heterocycles. The fraction of sp³-hybridized carbons (Fsp3) is 0.900. The number of carbonyl (C=O) groups is 1. The summed E-state index contributed by atoms with van der Waals surface area (Å²) >= 11 is 0. The Bertz CT molecular complexity index is 225. The van der Waals surface area contributed by atoms with Gasteiger partial charge in [-0.3, -0.25) is 4.79 Å². The van der Waals surface area contributed by atoms with Crippen LogP contribution in [0.3, 0.4) is 0 Å². The second-order valence-corrected chi connectivity index (χ2v) is 4.46. The van der Waals surface area contributed by atoms with Crippen molar-refractivity contribution in [1.29, 1.82) is 0 Å². The standard InChI is InChI=1S/C10H17NO2/c1-10(13)6-5-9(12)11-7-3-2-4-8(10)11/h8,13H,2-7H2,1H3. The summed E-state index contributed by atoms with van der Waals surface area (Å²) in [6.45, 7) is 2.71. The van der Waals surface area contributed by atoms with E-state index in [1.165, 1.54) is 0 Å². The first-order valence-electron chi connectivity index (χ1n) is 5.13. The Kier molecular flexibility index (Phi) is 2.06. The van der Waals surface area contributed by atoms with Gasteiger partial charge in [-0.1, -0.05) is 0 Å². The van der Waals surface area contributed by atoms with Gasteiger partial charge in [-0.2, -0.15) is 0 Å². The van der Waals surface area contributed by atoms with Crippen molar-refractivity contribution in [3.05, 3.63) is 0 Å². The zero-order valence-electron chi connectivity index (χ0n) is 8.12. The average molecular weight is 183 g/mol. The van der Waals surface area contributed by atoms with Crippen LogP contribution < -0.4 is 0 Å². The predicted molar refractivity (Wildman–Crippen MR) is 49.2 cm³/mol. The van der Waals surface area contributed by atoms with Gasteiger partial charge in [0.15, 0.2) is 0 Å². The maximum atomic E-state index is 11.5. The van der Waals surface area contributed by atoms with Crippen LogP contribution in [0.1, 0.15) is 39.0 Å². The number of hydrogen-bond donors (Lipinski definition) is 1. The maximum absolute atomic E-state index is 11.5. The molecule has 0 radical (unpaired) electrons. The van der Waals surface area contributed by atoms with Gasteiger partial charge in [0.25, 0.3) is 0 Å². The van der Waals surface area contributed by atoms with Gasteiger partial charge < -0.3 is 10.0 Å². The summed E-state index contributed by atoms with van der Waals surface area (Å²) in [7, 11) is 0. The molecule has 2 atom stereocenters. The molecule has 1 N–H and O–H groups in total. The second kappa shape index (κ2) is 2.98. The lowest BCUT2D eigenvalue weighted by atomic mass is 9.81. The van der Waals surface area contributed by atoms with E-state index in [9.17, 15) is 9.90 Å². The zero-order valence-corrected chi connectivity index (χ0v) is 8.12. The number of piperidine rings is 2. The maximum Gasteiger partial charge on any atom is 0.223 e. The molecule has 2 aliphatic rings. The first-order valence-corrected chi connectivity index (χ1v) is 5.13. The molecular formula is C10H17NO2. The van der Waals surface area contributed by atoms with Gasteiger partial charge in [-0.05, 0) is 32.6 Å². The molecule has 2 rings (SSSR count). The summed E-state index contributed by atoms with van der Waals surface area (Å²) in [6, 6.07) is 0.0856. The van der Waals surface area contributed by atoms with Gasteiger partial charge in [0.05, 0.1) is 11.6 Å². The van der Waals surface area contributed by atoms with Crippen molar-refractivity contribution < 1.29 is 9.90 Å². The predicted octanol–water partition coefficient (Wildman–Crippen LogP) is 0.912. The third kappa shape index (κ3) is 1.46. The minimum atomic E-state index is -0.645. The Morgan fingerprint density at radius 3 is 3.00 bits per heavy atom. The van der Waals surface area contributed by atoms with E-state index in [2.05, 4.69) is 0 Å². The molecule has 13 heavy (non-hydrogen) atoms. The molecule has 2 unspecified atom stereocenters. The molecule has 3 heteroatoms. The van der Waals surface area contributed by atoms with Gasteiger partial charge >= 0.3 is 0 Å². The Labute approximate surface area is 78.7 Å². The fourth-order valence-corrected chi connectivity index (χ4v) is 2.55. The summed E-state index contributed by atoms with van der Waals surface area (Å²) in [5.41, 5.74) is -0.645. The lowest BCUT2D eigenvalue weighted by molar-refractivity contribution is -0.153. The van der Waals surface area contributed by atoms with Gasteiger partial charge in [-0.25, -0.2) is 0 Å². The normalized spacial score (nSPS) is 40.3. The highest BCUT2D eigenvalue weighted by atomic mass is 16.3. The molecule has 0 spiro atoms. The summed E-state index contributed by atoms with van der Waals surface area (Å²) in [4.78, 5) is 13.4. The average Bonchev–Trinajstić information content (AvgIpc) is 2.13. The molecule has 2 aliphatic heterocycles. The fourth-order valence-electron chi connectivity index (χ4n) is 2.55. The molecule has 3 nitrogen and oxygen atoms in total. The molecule has 0 aromatic carbocycles. The smallest absolute Gasteiger partial charge is 0.223 e. The highest BCUT2D eigenvalue weighted by Crippen LogP contribution is 2.34. The molecule has 2 saturated heterocycles. The lowest BCUT2D eigenvalue weighted by Gasteiger charge is -2.47. The minimum absolute atomic E-state index is 0.0856. The van der Waals surface area contributed by atoms with Crippen molar-refractivity contribution in [2.24, 2.45) is 0 Å². The van der Waals surface area contributed by atoms with Crippen molar-refractivity contribution in [2.75, 3.05) is 6.54 Å². The molecule has 0 saturated carbocycles. The highest BCUT2D eigenvalue weighted by Gasteiger charge is 2.43. The van der Waals surface area contributed by atoms with E-state index in [1.807, 2.05) is 11.8 Å². The van der Waals surface area contributed by atoms with Crippen LogP contribution in [-0.2, 0) is 4.79 Å². The number of fused-ring (bicyclic) bond motifs is 1. The van der Waals surface area contributed by atoms with E-state index in [-0.39, 0.29) is 11.9 Å². The van der Waals surface area contributed by atoms with Gasteiger partial charge in [0, 0.05) is 13.0 Å². The van der Waals surface area contributed by atoms with Gasteiger partial charge in [0.1, 0.15) is 0 Å². The van der Waals surface area contributed by atoms with Crippen molar-refractivity contribution in [3.8, 4) is 0 Å². The largest absolute Gasteiger partial charge is 0.388 e. The summed E-state index contributed by atoms with van der Waals surface area (Å²) in [5.74, 6) is 0.233. The van der Waals surface area contributed by atoms with E-state index in [1.54, 1.807) is 0 Å². The van der Waals surface area contributed by atoms with Gasteiger partial charge in [0.2, 0.25) is 5.91 Å². The number of aliphatic hydroxyl groups is 1. The lowest BCUT2D eigenvalue weighted by Crippen LogP contribution is -2.59. The van der Waals surface area contributed by atoms with Crippen LogP contribution in [0.2, 0.25) is 0 Å². The van der Waals surface area contributed by atoms with Gasteiger partial charge in [-0.15, -0.1) is 0 Å². The molecule has 0 aromatic rings. The van der Waals surface area contributed by atoms with Crippen LogP contribution in [0.15, 0.2) is 0 Å². The third-order valence-electron chi connectivity index (χ3n) is 3.39. The number of hydrogen-bond acceptors (Lipinski definition) is 2. The molecular weight excluding hydrogens is 166 g/mol. The van der Waals surface area contributed by atoms with E-state index in [4.69, 9.17) is 0 Å². The SMILES string of the molecule is CC1(O)CCC(=O)N2CCCCC21. The zero-order chi connectivity index (χ0) is 9.47. The number of amides is 1. The van der Waals surface area contributed by atoms with Crippen molar-refractivity contribution in [1.82, 2.24) is 4.90 Å². The molecule has 1 amide bonds. The number of nitrogens with zero attached hydrogens (tertiary/aromatic N) is 1. The summed E-state index contributed by atoms with van der Waals surface area (Å²) in [5, 5.41) is 10.1. The Morgan fingerprint density at radius 2 is 2.31 bits per heavy atom. The van der Waals surface area contributed by atoms with Crippen LogP contribution in [0, 0.1) is 0 Å². The topological polar surface area (TPSA) is 40.5 Å². The van der Waals surface area contributed by atoms with Crippen LogP contribution in [0.4, 0.5) is 0 Å². The molecule has 0 bridgehead atoms. The highest BCUT2D eigenvalue weighted by molar-refractivity contribution is 5.78. The molecule has 74 valence electrons. The Hall–Kier alpha value is -0.570. The van der Waals surface area contributed by atoms with Crippen LogP contribution in [0.25, 0.3) is 0 Å². The Morgan fingerprint density at radius 1 is 1.54 bits per heavy atom. The first kappa shape index (κ1) is 9.00. The molecule has 0 aliphatic carbocycles. The molecule has 2 fully saturated rings. The van der Waals surface area contributed by atoms with Crippen LogP contribution in [0.5, 0.6) is 0 Å². The van der Waals surface area contributed by atoms with Crippen molar-refractivity contribution in [3.63, 3.8) is 0 Å². The minimum Gasteiger partial charge on any atom is -0.388 e. The second-order valence-electron chi connectivity index (χ2n) is 4.46. The molecule has 0 aromatic heterocycles. The Balaban J connectivity index is 2.19. The number of carbonyl (C=O) groups excluding carboxylic acids is 1. The third-order valence-corrected chi connectivity index (χ3v) is 3.39. The van der Waals surface area contributed by atoms with E-state index in [0.717, 1.165) is 25.8 Å². The van der Waals surface area contributed by atoms with Crippen LogP contribution >= 0.6 is 0 Å². The van der Waals surface area contributed by atoms with E-state index < -0.39 is 5.60 Å². The van der Waals surface area contributed by atoms with Crippen molar-refractivity contribution >= 4 is 5.91 Å². The van der Waals surface area contributed by atoms with Crippen LogP contribution in [-0.4, -0.2) is 34.1 Å². The van der Waals surface area contributed by atoms with E-state index in [0.29, 0.717) is 12.8 Å². The number of rotatable bonds is 0. The summed E-state index contributed by atoms with van der Waals surface area (Å²) in [6.07, 6.45) is 4.36. The van der Waals surface area contributed by atoms with Crippen molar-refractivity contribution in [2.45, 2.75) is 50.7 Å². The monoisotopic (exact) mass is 183 g/mol. The quantitative estimate of drug-likeness (QED) is 0.606. The summed E-state index contributed by atoms with van der Waals surface area (Å²) < 4.78 is 0. The first-order chi connectivity index (χ1) is 6.11. The van der Waals surface area contributed by atoms with E-state index >= 15 is 0 Å².